The molecule has 0 spiro atoms. The van der Waals surface area contributed by atoms with E-state index in [0.29, 0.717) is 18.3 Å². The first-order valence-corrected chi connectivity index (χ1v) is 7.05. The fourth-order valence-corrected chi connectivity index (χ4v) is 2.70. The molecule has 96 valence electrons. The third-order valence-electron chi connectivity index (χ3n) is 3.10. The predicted molar refractivity (Wildman–Crippen MR) is 67.8 cm³/mol. The SMILES string of the molecule is CCC(C)(O)CSc1nnc(CN)n1C1CC1. The number of thioether (sulfide) groups is 1. The highest BCUT2D eigenvalue weighted by Crippen LogP contribution is 2.39. The van der Waals surface area contributed by atoms with Crippen molar-refractivity contribution in [2.45, 2.75) is 56.5 Å². The highest BCUT2D eigenvalue weighted by atomic mass is 32.2. The van der Waals surface area contributed by atoms with Crippen molar-refractivity contribution in [2.75, 3.05) is 5.75 Å². The predicted octanol–water partition coefficient (Wildman–Crippen LogP) is 1.32. The Bertz CT molecular complexity index is 387. The van der Waals surface area contributed by atoms with Gasteiger partial charge in [0.05, 0.1) is 12.1 Å². The molecule has 1 heterocycles. The first-order chi connectivity index (χ1) is 8.07. The minimum Gasteiger partial charge on any atom is -0.389 e. The standard InChI is InChI=1S/C11H20N4OS/c1-3-11(2,16)7-17-10-14-13-9(6-12)15(10)8-4-5-8/h8,16H,3-7,12H2,1-2H3. The van der Waals surface area contributed by atoms with Crippen molar-refractivity contribution in [1.29, 1.82) is 0 Å². The Morgan fingerprint density at radius 2 is 2.24 bits per heavy atom. The molecule has 5 nitrogen and oxygen atoms in total. The van der Waals surface area contributed by atoms with Gasteiger partial charge in [0.15, 0.2) is 5.16 Å². The monoisotopic (exact) mass is 256 g/mol. The Labute approximate surface area is 106 Å². The Morgan fingerprint density at radius 1 is 1.53 bits per heavy atom. The topological polar surface area (TPSA) is 77.0 Å². The zero-order valence-electron chi connectivity index (χ0n) is 10.4. The average Bonchev–Trinajstić information content (AvgIpc) is 3.07. The molecule has 1 aromatic rings. The molecule has 1 aromatic heterocycles. The van der Waals surface area contributed by atoms with Crippen molar-refractivity contribution in [1.82, 2.24) is 14.8 Å². The van der Waals surface area contributed by atoms with Crippen LogP contribution in [0.25, 0.3) is 0 Å². The molecule has 1 aliphatic carbocycles. The molecule has 0 radical (unpaired) electrons. The Balaban J connectivity index is 2.08. The Kier molecular flexibility index (Phi) is 3.75. The van der Waals surface area contributed by atoms with Crippen molar-refractivity contribution in [3.8, 4) is 0 Å². The lowest BCUT2D eigenvalue weighted by Gasteiger charge is -2.20. The van der Waals surface area contributed by atoms with E-state index < -0.39 is 5.60 Å². The highest BCUT2D eigenvalue weighted by Gasteiger charge is 2.30. The van der Waals surface area contributed by atoms with Crippen LogP contribution in [0, 0.1) is 0 Å². The van der Waals surface area contributed by atoms with E-state index in [0.717, 1.165) is 17.4 Å². The number of rotatable bonds is 6. The third-order valence-corrected chi connectivity index (χ3v) is 4.41. The summed E-state index contributed by atoms with van der Waals surface area (Å²) in [7, 11) is 0. The van der Waals surface area contributed by atoms with E-state index in [1.807, 2.05) is 13.8 Å². The maximum Gasteiger partial charge on any atom is 0.191 e. The first kappa shape index (κ1) is 12.9. The summed E-state index contributed by atoms with van der Waals surface area (Å²) in [6, 6.07) is 0.526. The van der Waals surface area contributed by atoms with Gasteiger partial charge in [-0.05, 0) is 26.2 Å². The third kappa shape index (κ3) is 3.00. The van der Waals surface area contributed by atoms with E-state index in [-0.39, 0.29) is 0 Å². The molecule has 3 N–H and O–H groups in total. The molecular weight excluding hydrogens is 236 g/mol. The van der Waals surface area contributed by atoms with Crippen molar-refractivity contribution < 1.29 is 5.11 Å². The number of hydrogen-bond donors (Lipinski definition) is 2. The molecule has 0 saturated heterocycles. The summed E-state index contributed by atoms with van der Waals surface area (Å²) < 4.78 is 2.14. The zero-order chi connectivity index (χ0) is 12.5. The molecule has 0 bridgehead atoms. The van der Waals surface area contributed by atoms with E-state index in [9.17, 15) is 5.11 Å². The van der Waals surface area contributed by atoms with Crippen LogP contribution in [0.5, 0.6) is 0 Å². The average molecular weight is 256 g/mol. The maximum absolute atomic E-state index is 9.99. The molecule has 1 unspecified atom stereocenters. The van der Waals surface area contributed by atoms with Crippen LogP contribution in [0.2, 0.25) is 0 Å². The smallest absolute Gasteiger partial charge is 0.191 e. The lowest BCUT2D eigenvalue weighted by molar-refractivity contribution is 0.0815. The summed E-state index contributed by atoms with van der Waals surface area (Å²) in [6.45, 7) is 4.26. The van der Waals surface area contributed by atoms with Crippen molar-refractivity contribution in [3.05, 3.63) is 5.82 Å². The van der Waals surface area contributed by atoms with Gasteiger partial charge in [0.1, 0.15) is 5.82 Å². The van der Waals surface area contributed by atoms with Gasteiger partial charge in [0.2, 0.25) is 0 Å². The minimum atomic E-state index is -0.645. The summed E-state index contributed by atoms with van der Waals surface area (Å²) in [5.41, 5.74) is 5.01. The van der Waals surface area contributed by atoms with E-state index in [1.165, 1.54) is 12.8 Å². The lowest BCUT2D eigenvalue weighted by atomic mass is 10.1. The summed E-state index contributed by atoms with van der Waals surface area (Å²) >= 11 is 1.57. The van der Waals surface area contributed by atoms with E-state index in [4.69, 9.17) is 5.73 Å². The van der Waals surface area contributed by atoms with Crippen molar-refractivity contribution in [3.63, 3.8) is 0 Å². The van der Waals surface area contributed by atoms with Gasteiger partial charge < -0.3 is 15.4 Å². The lowest BCUT2D eigenvalue weighted by Crippen LogP contribution is -2.26. The second kappa shape index (κ2) is 4.96. The van der Waals surface area contributed by atoms with Crippen LogP contribution < -0.4 is 5.73 Å². The van der Waals surface area contributed by atoms with Crippen LogP contribution in [0.3, 0.4) is 0 Å². The maximum atomic E-state index is 9.99. The van der Waals surface area contributed by atoms with Gasteiger partial charge >= 0.3 is 0 Å². The van der Waals surface area contributed by atoms with Crippen LogP contribution in [0.1, 0.15) is 45.0 Å². The molecule has 2 rings (SSSR count). The molecule has 1 aliphatic rings. The van der Waals surface area contributed by atoms with Gasteiger partial charge in [-0.15, -0.1) is 10.2 Å². The quantitative estimate of drug-likeness (QED) is 0.751. The number of aliphatic hydroxyl groups is 1. The van der Waals surface area contributed by atoms with Crippen LogP contribution in [0.15, 0.2) is 5.16 Å². The molecule has 6 heteroatoms. The molecule has 1 atom stereocenters. The number of hydrogen-bond acceptors (Lipinski definition) is 5. The summed E-state index contributed by atoms with van der Waals surface area (Å²) in [5.74, 6) is 1.49. The minimum absolute atomic E-state index is 0.425. The summed E-state index contributed by atoms with van der Waals surface area (Å²) in [6.07, 6.45) is 3.10. The molecule has 0 aliphatic heterocycles. The van der Waals surface area contributed by atoms with Gasteiger partial charge in [0.25, 0.3) is 0 Å². The molecular formula is C11H20N4OS. The molecule has 17 heavy (non-hydrogen) atoms. The van der Waals surface area contributed by atoms with Crippen molar-refractivity contribution >= 4 is 11.8 Å². The summed E-state index contributed by atoms with van der Waals surface area (Å²) in [4.78, 5) is 0. The van der Waals surface area contributed by atoms with Crippen LogP contribution >= 0.6 is 11.8 Å². The largest absolute Gasteiger partial charge is 0.389 e. The Hall–Kier alpha value is -0.590. The van der Waals surface area contributed by atoms with Crippen LogP contribution in [-0.4, -0.2) is 31.2 Å². The second-order valence-electron chi connectivity index (χ2n) is 4.84. The van der Waals surface area contributed by atoms with Crippen LogP contribution in [-0.2, 0) is 6.54 Å². The number of nitrogens with zero attached hydrogens (tertiary/aromatic N) is 3. The first-order valence-electron chi connectivity index (χ1n) is 6.06. The van der Waals surface area contributed by atoms with E-state index in [2.05, 4.69) is 14.8 Å². The zero-order valence-corrected chi connectivity index (χ0v) is 11.2. The molecule has 0 aromatic carbocycles. The second-order valence-corrected chi connectivity index (χ2v) is 5.79. The van der Waals surface area contributed by atoms with E-state index >= 15 is 0 Å². The highest BCUT2D eigenvalue weighted by molar-refractivity contribution is 7.99. The molecule has 1 fully saturated rings. The van der Waals surface area contributed by atoms with Gasteiger partial charge in [0, 0.05) is 11.8 Å². The molecule has 0 amide bonds. The van der Waals surface area contributed by atoms with Gasteiger partial charge in [-0.3, -0.25) is 0 Å². The summed E-state index contributed by atoms with van der Waals surface area (Å²) in [5, 5.41) is 19.2. The normalized spacial score (nSPS) is 19.3. The van der Waals surface area contributed by atoms with Gasteiger partial charge in [-0.1, -0.05) is 18.7 Å². The number of nitrogens with two attached hydrogens (primary N) is 1. The van der Waals surface area contributed by atoms with Gasteiger partial charge in [-0.2, -0.15) is 0 Å². The Morgan fingerprint density at radius 3 is 2.76 bits per heavy atom. The van der Waals surface area contributed by atoms with Crippen molar-refractivity contribution in [2.24, 2.45) is 5.73 Å². The number of aromatic nitrogens is 3. The van der Waals surface area contributed by atoms with E-state index in [1.54, 1.807) is 11.8 Å². The fraction of sp³-hybridized carbons (Fsp3) is 0.818. The van der Waals surface area contributed by atoms with Gasteiger partial charge in [-0.25, -0.2) is 0 Å². The van der Waals surface area contributed by atoms with Crippen LogP contribution in [0.4, 0.5) is 0 Å². The fourth-order valence-electron chi connectivity index (χ4n) is 1.57. The molecule has 1 saturated carbocycles.